The Labute approximate surface area is 152 Å². The molecule has 3 rings (SSSR count). The minimum absolute atomic E-state index is 0.0660. The SMILES string of the molecule is CCc1nnc(CN(CC)C(=O)c2ccc(-n3nc(C)cc3C)cc2)o1. The number of rotatable bonds is 6. The quantitative estimate of drug-likeness (QED) is 0.680. The molecule has 0 aliphatic carbocycles. The van der Waals surface area contributed by atoms with Crippen molar-refractivity contribution in [3.63, 3.8) is 0 Å². The fourth-order valence-corrected chi connectivity index (χ4v) is 2.80. The standard InChI is InChI=1S/C19H23N5O2/c1-5-17-20-21-18(26-17)12-23(6-2)19(25)15-7-9-16(10-8-15)24-14(4)11-13(3)22-24/h7-11H,5-6,12H2,1-4H3. The van der Waals surface area contributed by atoms with Crippen LogP contribution in [0.5, 0.6) is 0 Å². The van der Waals surface area contributed by atoms with Gasteiger partial charge in [0.25, 0.3) is 5.91 Å². The van der Waals surface area contributed by atoms with E-state index in [2.05, 4.69) is 15.3 Å². The van der Waals surface area contributed by atoms with Gasteiger partial charge in [-0.2, -0.15) is 5.10 Å². The topological polar surface area (TPSA) is 77.1 Å². The van der Waals surface area contributed by atoms with Crippen LogP contribution in [0.15, 0.2) is 34.7 Å². The van der Waals surface area contributed by atoms with Crippen molar-refractivity contribution in [2.75, 3.05) is 6.54 Å². The van der Waals surface area contributed by atoms with Gasteiger partial charge >= 0.3 is 0 Å². The molecule has 7 nitrogen and oxygen atoms in total. The number of aromatic nitrogens is 4. The number of benzene rings is 1. The summed E-state index contributed by atoms with van der Waals surface area (Å²) in [6.07, 6.45) is 0.681. The maximum absolute atomic E-state index is 12.8. The van der Waals surface area contributed by atoms with E-state index in [0.29, 0.717) is 36.9 Å². The van der Waals surface area contributed by atoms with Crippen molar-refractivity contribution < 1.29 is 9.21 Å². The molecule has 136 valence electrons. The summed E-state index contributed by atoms with van der Waals surface area (Å²) in [7, 11) is 0. The van der Waals surface area contributed by atoms with Crippen LogP contribution >= 0.6 is 0 Å². The summed E-state index contributed by atoms with van der Waals surface area (Å²) in [5, 5.41) is 12.4. The third-order valence-corrected chi connectivity index (χ3v) is 4.17. The predicted octanol–water partition coefficient (Wildman–Crippen LogP) is 3.10. The van der Waals surface area contributed by atoms with E-state index in [1.165, 1.54) is 0 Å². The molecular weight excluding hydrogens is 330 g/mol. The van der Waals surface area contributed by atoms with Crippen molar-refractivity contribution in [1.29, 1.82) is 0 Å². The van der Waals surface area contributed by atoms with Crippen LogP contribution in [0.25, 0.3) is 5.69 Å². The highest BCUT2D eigenvalue weighted by Crippen LogP contribution is 2.15. The Morgan fingerprint density at radius 3 is 2.35 bits per heavy atom. The summed E-state index contributed by atoms with van der Waals surface area (Å²) in [5.41, 5.74) is 3.57. The summed E-state index contributed by atoms with van der Waals surface area (Å²) >= 11 is 0. The first-order valence-electron chi connectivity index (χ1n) is 8.76. The van der Waals surface area contributed by atoms with Gasteiger partial charge in [0.1, 0.15) is 0 Å². The van der Waals surface area contributed by atoms with Crippen molar-refractivity contribution in [3.05, 3.63) is 59.1 Å². The average Bonchev–Trinajstić information content (AvgIpc) is 3.24. The molecular formula is C19H23N5O2. The molecule has 0 unspecified atom stereocenters. The van der Waals surface area contributed by atoms with Gasteiger partial charge in [0, 0.05) is 24.2 Å². The number of nitrogens with zero attached hydrogens (tertiary/aromatic N) is 5. The Kier molecular flexibility index (Phi) is 5.16. The number of amides is 1. The second kappa shape index (κ2) is 7.51. The second-order valence-corrected chi connectivity index (χ2v) is 6.15. The molecule has 0 atom stereocenters. The highest BCUT2D eigenvalue weighted by molar-refractivity contribution is 5.94. The van der Waals surface area contributed by atoms with Gasteiger partial charge in [-0.05, 0) is 51.1 Å². The molecule has 0 fully saturated rings. The molecule has 0 saturated heterocycles. The van der Waals surface area contributed by atoms with Gasteiger partial charge in [-0.3, -0.25) is 4.79 Å². The monoisotopic (exact) mass is 353 g/mol. The van der Waals surface area contributed by atoms with E-state index < -0.39 is 0 Å². The third kappa shape index (κ3) is 3.66. The first-order valence-corrected chi connectivity index (χ1v) is 8.76. The van der Waals surface area contributed by atoms with E-state index in [1.807, 2.05) is 62.7 Å². The van der Waals surface area contributed by atoms with E-state index >= 15 is 0 Å². The number of aryl methyl sites for hydroxylation is 3. The van der Waals surface area contributed by atoms with Crippen LogP contribution in [0.3, 0.4) is 0 Å². The third-order valence-electron chi connectivity index (χ3n) is 4.17. The zero-order valence-electron chi connectivity index (χ0n) is 15.6. The van der Waals surface area contributed by atoms with E-state index in [0.717, 1.165) is 17.1 Å². The fourth-order valence-electron chi connectivity index (χ4n) is 2.80. The molecule has 26 heavy (non-hydrogen) atoms. The van der Waals surface area contributed by atoms with Crippen molar-refractivity contribution >= 4 is 5.91 Å². The zero-order valence-corrected chi connectivity index (χ0v) is 15.6. The van der Waals surface area contributed by atoms with Gasteiger partial charge in [0.15, 0.2) is 0 Å². The average molecular weight is 353 g/mol. The minimum atomic E-state index is -0.0660. The smallest absolute Gasteiger partial charge is 0.254 e. The van der Waals surface area contributed by atoms with Crippen LogP contribution in [0.4, 0.5) is 0 Å². The number of carbonyl (C=O) groups excluding carboxylic acids is 1. The van der Waals surface area contributed by atoms with E-state index in [9.17, 15) is 4.79 Å². The Hall–Kier alpha value is -2.96. The summed E-state index contributed by atoms with van der Waals surface area (Å²) in [6, 6.07) is 9.47. The van der Waals surface area contributed by atoms with Crippen LogP contribution < -0.4 is 0 Å². The normalized spacial score (nSPS) is 10.9. The Morgan fingerprint density at radius 1 is 1.12 bits per heavy atom. The molecule has 3 aromatic rings. The number of carbonyl (C=O) groups is 1. The summed E-state index contributed by atoms with van der Waals surface area (Å²) < 4.78 is 7.38. The lowest BCUT2D eigenvalue weighted by Crippen LogP contribution is -2.30. The minimum Gasteiger partial charge on any atom is -0.423 e. The molecule has 0 bridgehead atoms. The van der Waals surface area contributed by atoms with Gasteiger partial charge in [-0.1, -0.05) is 6.92 Å². The summed E-state index contributed by atoms with van der Waals surface area (Å²) in [4.78, 5) is 14.5. The maximum Gasteiger partial charge on any atom is 0.254 e. The summed E-state index contributed by atoms with van der Waals surface area (Å²) in [6.45, 7) is 8.71. The largest absolute Gasteiger partial charge is 0.423 e. The molecule has 0 aliphatic heterocycles. The van der Waals surface area contributed by atoms with Crippen molar-refractivity contribution in [1.82, 2.24) is 24.9 Å². The molecule has 0 spiro atoms. The van der Waals surface area contributed by atoms with Crippen LogP contribution in [0.1, 0.15) is 47.4 Å². The number of hydrogen-bond acceptors (Lipinski definition) is 5. The summed E-state index contributed by atoms with van der Waals surface area (Å²) in [5.74, 6) is 0.970. The van der Waals surface area contributed by atoms with Crippen LogP contribution in [-0.2, 0) is 13.0 Å². The van der Waals surface area contributed by atoms with Crippen LogP contribution in [-0.4, -0.2) is 37.3 Å². The lowest BCUT2D eigenvalue weighted by atomic mass is 10.1. The zero-order chi connectivity index (χ0) is 18.7. The van der Waals surface area contributed by atoms with Gasteiger partial charge in [-0.25, -0.2) is 4.68 Å². The highest BCUT2D eigenvalue weighted by Gasteiger charge is 2.18. The number of hydrogen-bond donors (Lipinski definition) is 0. The first kappa shape index (κ1) is 17.8. The fraction of sp³-hybridized carbons (Fsp3) is 0.368. The van der Waals surface area contributed by atoms with Crippen molar-refractivity contribution in [2.24, 2.45) is 0 Å². The lowest BCUT2D eigenvalue weighted by molar-refractivity contribution is 0.0737. The van der Waals surface area contributed by atoms with E-state index in [1.54, 1.807) is 4.90 Å². The van der Waals surface area contributed by atoms with E-state index in [4.69, 9.17) is 4.42 Å². The van der Waals surface area contributed by atoms with Crippen LogP contribution in [0, 0.1) is 13.8 Å². The lowest BCUT2D eigenvalue weighted by Gasteiger charge is -2.19. The molecule has 2 aromatic heterocycles. The first-order chi connectivity index (χ1) is 12.5. The Morgan fingerprint density at radius 2 is 1.81 bits per heavy atom. The van der Waals surface area contributed by atoms with Gasteiger partial charge < -0.3 is 9.32 Å². The van der Waals surface area contributed by atoms with E-state index in [-0.39, 0.29) is 5.91 Å². The highest BCUT2D eigenvalue weighted by atomic mass is 16.4. The van der Waals surface area contributed by atoms with Gasteiger partial charge in [0.2, 0.25) is 11.8 Å². The molecule has 1 amide bonds. The maximum atomic E-state index is 12.8. The van der Waals surface area contributed by atoms with Crippen molar-refractivity contribution in [2.45, 2.75) is 40.7 Å². The van der Waals surface area contributed by atoms with Gasteiger partial charge in [-0.15, -0.1) is 10.2 Å². The molecule has 0 N–H and O–H groups in total. The molecule has 7 heteroatoms. The molecule has 0 aliphatic rings. The second-order valence-electron chi connectivity index (χ2n) is 6.15. The van der Waals surface area contributed by atoms with Crippen LogP contribution in [0.2, 0.25) is 0 Å². The Bertz CT molecular complexity index is 895. The Balaban J connectivity index is 1.76. The molecule has 2 heterocycles. The molecule has 0 radical (unpaired) electrons. The molecule has 1 aromatic carbocycles. The molecule has 0 saturated carbocycles. The van der Waals surface area contributed by atoms with Gasteiger partial charge in [0.05, 0.1) is 17.9 Å². The predicted molar refractivity (Wildman–Crippen MR) is 97.1 cm³/mol. The van der Waals surface area contributed by atoms with Crippen molar-refractivity contribution in [3.8, 4) is 5.69 Å².